The van der Waals surface area contributed by atoms with E-state index in [0.717, 1.165) is 18.5 Å². The number of nitrogens with one attached hydrogen (secondary N) is 2. The van der Waals surface area contributed by atoms with Crippen LogP contribution in [0.25, 0.3) is 0 Å². The third-order valence-corrected chi connectivity index (χ3v) is 5.43. The van der Waals surface area contributed by atoms with Crippen LogP contribution in [-0.2, 0) is 4.79 Å². The average molecular weight is 449 g/mol. The predicted molar refractivity (Wildman–Crippen MR) is 124 cm³/mol. The second kappa shape index (κ2) is 9.62. The summed E-state index contributed by atoms with van der Waals surface area (Å²) in [6.07, 6.45) is 5.37. The SMILES string of the molecule is O=C(Nc1cnccc1C(=O)Nc1ccc(N2CCCCC2=O)cc1)c1ccc(Cl)cc1. The zero-order chi connectivity index (χ0) is 22.5. The first-order chi connectivity index (χ1) is 15.5. The average Bonchev–Trinajstić information content (AvgIpc) is 2.81. The van der Waals surface area contributed by atoms with Crippen LogP contribution in [-0.4, -0.2) is 29.3 Å². The summed E-state index contributed by atoms with van der Waals surface area (Å²) in [5.74, 6) is -0.647. The number of pyridine rings is 1. The van der Waals surface area contributed by atoms with Crippen molar-refractivity contribution in [3.05, 3.63) is 83.1 Å². The molecule has 2 N–H and O–H groups in total. The van der Waals surface area contributed by atoms with Crippen LogP contribution >= 0.6 is 11.6 Å². The van der Waals surface area contributed by atoms with Gasteiger partial charge in [-0.15, -0.1) is 0 Å². The number of carbonyl (C=O) groups excluding carboxylic acids is 3. The Morgan fingerprint density at radius 2 is 1.66 bits per heavy atom. The number of hydrogen-bond donors (Lipinski definition) is 2. The van der Waals surface area contributed by atoms with E-state index < -0.39 is 0 Å². The summed E-state index contributed by atoms with van der Waals surface area (Å²) in [4.78, 5) is 43.3. The second-order valence-electron chi connectivity index (χ2n) is 7.39. The normalized spacial score (nSPS) is 13.5. The van der Waals surface area contributed by atoms with Crippen molar-refractivity contribution in [2.24, 2.45) is 0 Å². The highest BCUT2D eigenvalue weighted by Crippen LogP contribution is 2.24. The predicted octanol–water partition coefficient (Wildman–Crippen LogP) is 4.76. The monoisotopic (exact) mass is 448 g/mol. The molecule has 8 heteroatoms. The molecule has 3 aromatic rings. The number of carbonyl (C=O) groups is 3. The van der Waals surface area contributed by atoms with Crippen molar-refractivity contribution >= 4 is 46.4 Å². The van der Waals surface area contributed by atoms with Crippen LogP contribution in [0.5, 0.6) is 0 Å². The molecule has 0 bridgehead atoms. The number of anilines is 3. The van der Waals surface area contributed by atoms with E-state index in [0.29, 0.717) is 34.9 Å². The third kappa shape index (κ3) is 4.95. The maximum absolute atomic E-state index is 12.9. The summed E-state index contributed by atoms with van der Waals surface area (Å²) < 4.78 is 0. The van der Waals surface area contributed by atoms with E-state index in [-0.39, 0.29) is 23.3 Å². The molecule has 1 saturated heterocycles. The summed E-state index contributed by atoms with van der Waals surface area (Å²) >= 11 is 5.87. The fourth-order valence-electron chi connectivity index (χ4n) is 3.49. The molecule has 0 atom stereocenters. The highest BCUT2D eigenvalue weighted by Gasteiger charge is 2.20. The third-order valence-electron chi connectivity index (χ3n) is 5.18. The van der Waals surface area contributed by atoms with Crippen LogP contribution in [0.15, 0.2) is 67.0 Å². The number of aromatic nitrogens is 1. The van der Waals surface area contributed by atoms with E-state index in [1.54, 1.807) is 41.3 Å². The zero-order valence-electron chi connectivity index (χ0n) is 17.2. The zero-order valence-corrected chi connectivity index (χ0v) is 17.9. The van der Waals surface area contributed by atoms with Crippen molar-refractivity contribution in [3.8, 4) is 0 Å². The van der Waals surface area contributed by atoms with Crippen LogP contribution in [0, 0.1) is 0 Å². The van der Waals surface area contributed by atoms with E-state index in [9.17, 15) is 14.4 Å². The number of amides is 3. The van der Waals surface area contributed by atoms with Crippen molar-refractivity contribution < 1.29 is 14.4 Å². The Hall–Kier alpha value is -3.71. The molecule has 2 aromatic carbocycles. The molecular formula is C24H21ClN4O3. The van der Waals surface area contributed by atoms with Crippen molar-refractivity contribution in [1.29, 1.82) is 0 Å². The lowest BCUT2D eigenvalue weighted by atomic mass is 10.1. The number of halogens is 1. The van der Waals surface area contributed by atoms with E-state index in [1.807, 2.05) is 12.1 Å². The summed E-state index contributed by atoms with van der Waals surface area (Å²) in [5, 5.41) is 6.07. The summed E-state index contributed by atoms with van der Waals surface area (Å²) in [6, 6.07) is 15.1. The molecule has 0 radical (unpaired) electrons. The lowest BCUT2D eigenvalue weighted by Gasteiger charge is -2.26. The lowest BCUT2D eigenvalue weighted by molar-refractivity contribution is -0.119. The Bertz CT molecular complexity index is 1150. The number of hydrogen-bond acceptors (Lipinski definition) is 4. The second-order valence-corrected chi connectivity index (χ2v) is 7.82. The van der Waals surface area contributed by atoms with Gasteiger partial charge in [0.1, 0.15) is 0 Å². The number of nitrogens with zero attached hydrogens (tertiary/aromatic N) is 2. The van der Waals surface area contributed by atoms with Crippen LogP contribution in [0.2, 0.25) is 5.02 Å². The molecule has 162 valence electrons. The molecule has 2 heterocycles. The summed E-state index contributed by atoms with van der Waals surface area (Å²) in [5.41, 5.74) is 2.37. The molecule has 0 spiro atoms. The molecule has 3 amide bonds. The molecule has 32 heavy (non-hydrogen) atoms. The fourth-order valence-corrected chi connectivity index (χ4v) is 3.62. The van der Waals surface area contributed by atoms with E-state index >= 15 is 0 Å². The smallest absolute Gasteiger partial charge is 0.257 e. The molecule has 1 fully saturated rings. The van der Waals surface area contributed by atoms with Gasteiger partial charge in [0, 0.05) is 41.1 Å². The van der Waals surface area contributed by atoms with E-state index in [4.69, 9.17) is 11.6 Å². The van der Waals surface area contributed by atoms with Crippen molar-refractivity contribution in [2.75, 3.05) is 22.1 Å². The van der Waals surface area contributed by atoms with Gasteiger partial charge in [-0.25, -0.2) is 0 Å². The Balaban J connectivity index is 1.46. The first-order valence-electron chi connectivity index (χ1n) is 10.2. The first-order valence-corrected chi connectivity index (χ1v) is 10.6. The Kier molecular flexibility index (Phi) is 6.47. The minimum Gasteiger partial charge on any atom is -0.322 e. The van der Waals surface area contributed by atoms with Gasteiger partial charge in [-0.2, -0.15) is 0 Å². The minimum absolute atomic E-state index is 0.117. The first kappa shape index (κ1) is 21.5. The maximum Gasteiger partial charge on any atom is 0.257 e. The molecule has 0 unspecified atom stereocenters. The van der Waals surface area contributed by atoms with Gasteiger partial charge in [0.25, 0.3) is 11.8 Å². The Labute approximate surface area is 190 Å². The van der Waals surface area contributed by atoms with Crippen LogP contribution < -0.4 is 15.5 Å². The van der Waals surface area contributed by atoms with Crippen LogP contribution in [0.1, 0.15) is 40.0 Å². The fraction of sp³-hybridized carbons (Fsp3) is 0.167. The molecule has 1 aliphatic heterocycles. The molecule has 0 aliphatic carbocycles. The van der Waals surface area contributed by atoms with E-state index in [1.165, 1.54) is 18.5 Å². The number of benzene rings is 2. The van der Waals surface area contributed by atoms with Gasteiger partial charge in [-0.05, 0) is 67.4 Å². The molecule has 1 aromatic heterocycles. The summed E-state index contributed by atoms with van der Waals surface area (Å²) in [7, 11) is 0. The largest absolute Gasteiger partial charge is 0.322 e. The quantitative estimate of drug-likeness (QED) is 0.588. The maximum atomic E-state index is 12.9. The Morgan fingerprint density at radius 1 is 0.906 bits per heavy atom. The molecular weight excluding hydrogens is 428 g/mol. The molecule has 1 aliphatic rings. The molecule has 7 nitrogen and oxygen atoms in total. The minimum atomic E-state index is -0.388. The molecule has 0 saturated carbocycles. The molecule has 4 rings (SSSR count). The van der Waals surface area contributed by atoms with Gasteiger partial charge in [0.05, 0.1) is 17.4 Å². The van der Waals surface area contributed by atoms with Gasteiger partial charge in [0.2, 0.25) is 5.91 Å². The Morgan fingerprint density at radius 3 is 2.38 bits per heavy atom. The van der Waals surface area contributed by atoms with Crippen molar-refractivity contribution in [1.82, 2.24) is 4.98 Å². The van der Waals surface area contributed by atoms with Gasteiger partial charge in [0.15, 0.2) is 0 Å². The van der Waals surface area contributed by atoms with Crippen molar-refractivity contribution in [2.45, 2.75) is 19.3 Å². The standard InChI is InChI=1S/C24H21ClN4O3/c25-17-6-4-16(5-7-17)23(31)28-21-15-26-13-12-20(21)24(32)27-18-8-10-19(11-9-18)29-14-2-1-3-22(29)30/h4-13,15H,1-3,14H2,(H,27,32)(H,28,31). The number of piperidine rings is 1. The highest BCUT2D eigenvalue weighted by atomic mass is 35.5. The lowest BCUT2D eigenvalue weighted by Crippen LogP contribution is -2.35. The number of rotatable bonds is 5. The van der Waals surface area contributed by atoms with E-state index in [2.05, 4.69) is 15.6 Å². The van der Waals surface area contributed by atoms with Gasteiger partial charge >= 0.3 is 0 Å². The van der Waals surface area contributed by atoms with Gasteiger partial charge in [-0.1, -0.05) is 11.6 Å². The summed E-state index contributed by atoms with van der Waals surface area (Å²) in [6.45, 7) is 0.707. The van der Waals surface area contributed by atoms with Crippen molar-refractivity contribution in [3.63, 3.8) is 0 Å². The van der Waals surface area contributed by atoms with Crippen LogP contribution in [0.3, 0.4) is 0 Å². The topological polar surface area (TPSA) is 91.4 Å². The van der Waals surface area contributed by atoms with Gasteiger partial charge < -0.3 is 15.5 Å². The highest BCUT2D eigenvalue weighted by molar-refractivity contribution is 6.30. The van der Waals surface area contributed by atoms with Gasteiger partial charge in [-0.3, -0.25) is 19.4 Å². The van der Waals surface area contributed by atoms with Crippen LogP contribution in [0.4, 0.5) is 17.1 Å².